The highest BCUT2D eigenvalue weighted by molar-refractivity contribution is 5.31. The molecule has 2 nitrogen and oxygen atoms in total. The average Bonchev–Trinajstić information content (AvgIpc) is 2.77. The van der Waals surface area contributed by atoms with Gasteiger partial charge in [-0.15, -0.1) is 0 Å². The first-order chi connectivity index (χ1) is 15.0. The van der Waals surface area contributed by atoms with Gasteiger partial charge in [0.25, 0.3) is 0 Å². The minimum absolute atomic E-state index is 0.435. The molecule has 1 aliphatic heterocycles. The summed E-state index contributed by atoms with van der Waals surface area (Å²) in [6.45, 7) is 3.17. The Morgan fingerprint density at radius 2 is 1.48 bits per heavy atom. The van der Waals surface area contributed by atoms with Gasteiger partial charge in [0.2, 0.25) is 0 Å². The number of benzene rings is 3. The Kier molecular flexibility index (Phi) is 6.73. The number of fused-ring (bicyclic) bond motifs is 1. The molecule has 0 saturated heterocycles. The van der Waals surface area contributed by atoms with Gasteiger partial charge < -0.3 is 5.32 Å². The number of rotatable bonds is 7. The highest BCUT2D eigenvalue weighted by atomic mass is 19.4. The Morgan fingerprint density at radius 1 is 0.806 bits per heavy atom. The molecule has 1 N–H and O–H groups in total. The summed E-state index contributed by atoms with van der Waals surface area (Å²) in [5.74, 6) is 0. The van der Waals surface area contributed by atoms with Crippen molar-refractivity contribution in [1.29, 1.82) is 0 Å². The molecule has 0 saturated carbocycles. The molecule has 162 valence electrons. The van der Waals surface area contributed by atoms with E-state index in [1.54, 1.807) is 12.1 Å². The van der Waals surface area contributed by atoms with Crippen molar-refractivity contribution in [1.82, 2.24) is 10.2 Å². The normalized spacial score (nSPS) is 16.8. The van der Waals surface area contributed by atoms with Gasteiger partial charge in [-0.1, -0.05) is 66.7 Å². The second kappa shape index (κ2) is 9.67. The van der Waals surface area contributed by atoms with E-state index < -0.39 is 11.7 Å². The lowest BCUT2D eigenvalue weighted by Gasteiger charge is -2.37. The molecule has 0 amide bonds. The topological polar surface area (TPSA) is 15.3 Å². The highest BCUT2D eigenvalue weighted by Gasteiger charge is 2.30. The second-order valence-corrected chi connectivity index (χ2v) is 8.16. The molecule has 31 heavy (non-hydrogen) atoms. The third-order valence-electron chi connectivity index (χ3n) is 5.96. The Hall–Kier alpha value is -2.63. The molecule has 0 spiro atoms. The number of halogens is 3. The van der Waals surface area contributed by atoms with Crippen molar-refractivity contribution >= 4 is 0 Å². The van der Waals surface area contributed by atoms with E-state index >= 15 is 0 Å². The maximum atomic E-state index is 12.7. The van der Waals surface area contributed by atoms with Crippen molar-refractivity contribution in [3.63, 3.8) is 0 Å². The minimum atomic E-state index is -4.29. The average molecular weight is 425 g/mol. The van der Waals surface area contributed by atoms with Crippen LogP contribution in [-0.2, 0) is 32.1 Å². The summed E-state index contributed by atoms with van der Waals surface area (Å²) in [4.78, 5) is 2.52. The fraction of sp³-hybridized carbons (Fsp3) is 0.308. The molecule has 0 aromatic heterocycles. The first-order valence-electron chi connectivity index (χ1n) is 10.7. The molecule has 0 radical (unpaired) electrons. The molecule has 0 aliphatic carbocycles. The summed E-state index contributed by atoms with van der Waals surface area (Å²) in [6, 6.07) is 25.0. The summed E-state index contributed by atoms with van der Waals surface area (Å²) < 4.78 is 38.1. The molecule has 4 rings (SSSR count). The lowest BCUT2D eigenvalue weighted by Crippen LogP contribution is -2.44. The van der Waals surface area contributed by atoms with Crippen LogP contribution in [0.3, 0.4) is 0 Å². The van der Waals surface area contributed by atoms with Crippen LogP contribution in [0.1, 0.15) is 27.8 Å². The van der Waals surface area contributed by atoms with E-state index in [2.05, 4.69) is 58.7 Å². The molecule has 1 aliphatic rings. The molecule has 3 aromatic rings. The smallest absolute Gasteiger partial charge is 0.311 e. The summed E-state index contributed by atoms with van der Waals surface area (Å²) >= 11 is 0. The predicted molar refractivity (Wildman–Crippen MR) is 118 cm³/mol. The standard InChI is InChI=1S/C26H27F3N2/c27-26(28,29)24-12-10-21(11-13-24)18-30-14-15-31-19-23-9-5-4-8-22(23)17-25(31)16-20-6-2-1-3-7-20/h1-13,25,30H,14-19H2. The van der Waals surface area contributed by atoms with Crippen LogP contribution >= 0.6 is 0 Å². The van der Waals surface area contributed by atoms with Crippen LogP contribution in [0.5, 0.6) is 0 Å². The van der Waals surface area contributed by atoms with Gasteiger partial charge in [0, 0.05) is 32.2 Å². The zero-order valence-corrected chi connectivity index (χ0v) is 17.4. The first-order valence-corrected chi connectivity index (χ1v) is 10.7. The number of nitrogens with one attached hydrogen (secondary N) is 1. The van der Waals surface area contributed by atoms with E-state index in [1.807, 2.05) is 6.07 Å². The third-order valence-corrected chi connectivity index (χ3v) is 5.96. The van der Waals surface area contributed by atoms with Crippen LogP contribution in [0.4, 0.5) is 13.2 Å². The number of hydrogen-bond acceptors (Lipinski definition) is 2. The Bertz CT molecular complexity index is 968. The fourth-order valence-corrected chi connectivity index (χ4v) is 4.26. The molecule has 0 bridgehead atoms. The van der Waals surface area contributed by atoms with Crippen molar-refractivity contribution in [2.45, 2.75) is 38.1 Å². The van der Waals surface area contributed by atoms with Gasteiger partial charge in [-0.05, 0) is 47.2 Å². The molecular weight excluding hydrogens is 397 g/mol. The predicted octanol–water partition coefficient (Wildman–Crippen LogP) is 5.46. The summed E-state index contributed by atoms with van der Waals surface area (Å²) in [7, 11) is 0. The van der Waals surface area contributed by atoms with Gasteiger partial charge in [0.15, 0.2) is 0 Å². The quantitative estimate of drug-likeness (QED) is 0.507. The van der Waals surface area contributed by atoms with E-state index in [4.69, 9.17) is 0 Å². The molecular formula is C26H27F3N2. The maximum absolute atomic E-state index is 12.7. The van der Waals surface area contributed by atoms with Gasteiger partial charge >= 0.3 is 6.18 Å². The maximum Gasteiger partial charge on any atom is 0.416 e. The van der Waals surface area contributed by atoms with Gasteiger partial charge in [-0.25, -0.2) is 0 Å². The number of hydrogen-bond donors (Lipinski definition) is 1. The van der Waals surface area contributed by atoms with Crippen LogP contribution < -0.4 is 5.32 Å². The zero-order valence-electron chi connectivity index (χ0n) is 17.4. The van der Waals surface area contributed by atoms with Crippen LogP contribution in [-0.4, -0.2) is 24.0 Å². The van der Waals surface area contributed by atoms with Gasteiger partial charge in [-0.2, -0.15) is 13.2 Å². The Balaban J connectivity index is 1.35. The van der Waals surface area contributed by atoms with Gasteiger partial charge in [0.05, 0.1) is 5.56 Å². The Labute approximate surface area is 181 Å². The van der Waals surface area contributed by atoms with E-state index in [-0.39, 0.29) is 0 Å². The van der Waals surface area contributed by atoms with E-state index in [1.165, 1.54) is 16.7 Å². The molecule has 3 aromatic carbocycles. The SMILES string of the molecule is FC(F)(F)c1ccc(CNCCN2Cc3ccccc3CC2Cc2ccccc2)cc1. The molecule has 1 atom stereocenters. The first kappa shape index (κ1) is 21.6. The van der Waals surface area contributed by atoms with Crippen LogP contribution in [0.25, 0.3) is 0 Å². The van der Waals surface area contributed by atoms with Crippen molar-refractivity contribution in [2.24, 2.45) is 0 Å². The largest absolute Gasteiger partial charge is 0.416 e. The lowest BCUT2D eigenvalue weighted by molar-refractivity contribution is -0.137. The Morgan fingerprint density at radius 3 is 2.19 bits per heavy atom. The lowest BCUT2D eigenvalue weighted by atomic mass is 9.90. The molecule has 1 heterocycles. The van der Waals surface area contributed by atoms with Crippen LogP contribution in [0, 0.1) is 0 Å². The van der Waals surface area contributed by atoms with Crippen molar-refractivity contribution < 1.29 is 13.2 Å². The zero-order chi connectivity index (χ0) is 21.7. The molecule has 5 heteroatoms. The highest BCUT2D eigenvalue weighted by Crippen LogP contribution is 2.29. The number of nitrogens with zero attached hydrogens (tertiary/aromatic N) is 1. The second-order valence-electron chi connectivity index (χ2n) is 8.16. The third kappa shape index (κ3) is 5.75. The number of alkyl halides is 3. The molecule has 0 fully saturated rings. The van der Waals surface area contributed by atoms with E-state index in [0.717, 1.165) is 50.2 Å². The van der Waals surface area contributed by atoms with Gasteiger partial charge in [-0.3, -0.25) is 4.90 Å². The minimum Gasteiger partial charge on any atom is -0.311 e. The summed E-state index contributed by atoms with van der Waals surface area (Å²) in [6.07, 6.45) is -2.25. The van der Waals surface area contributed by atoms with E-state index in [0.29, 0.717) is 12.6 Å². The summed E-state index contributed by atoms with van der Waals surface area (Å²) in [5, 5.41) is 3.39. The van der Waals surface area contributed by atoms with Crippen LogP contribution in [0.2, 0.25) is 0 Å². The van der Waals surface area contributed by atoms with E-state index in [9.17, 15) is 13.2 Å². The van der Waals surface area contributed by atoms with Crippen molar-refractivity contribution in [2.75, 3.05) is 13.1 Å². The summed E-state index contributed by atoms with van der Waals surface area (Å²) in [5.41, 5.74) is 4.41. The van der Waals surface area contributed by atoms with Gasteiger partial charge in [0.1, 0.15) is 0 Å². The van der Waals surface area contributed by atoms with Crippen LogP contribution in [0.15, 0.2) is 78.9 Å². The fourth-order valence-electron chi connectivity index (χ4n) is 4.26. The van der Waals surface area contributed by atoms with Crippen molar-refractivity contribution in [3.8, 4) is 0 Å². The monoisotopic (exact) mass is 424 g/mol. The molecule has 1 unspecified atom stereocenters. The van der Waals surface area contributed by atoms with Crippen molar-refractivity contribution in [3.05, 3.63) is 107 Å².